The highest BCUT2D eigenvalue weighted by molar-refractivity contribution is 5.81. The van der Waals surface area contributed by atoms with Crippen molar-refractivity contribution in [3.63, 3.8) is 0 Å². The van der Waals surface area contributed by atoms with Crippen molar-refractivity contribution in [2.24, 2.45) is 0 Å². The third-order valence-corrected chi connectivity index (χ3v) is 6.37. The molecule has 0 saturated heterocycles. The minimum absolute atomic E-state index is 0.0633. The Morgan fingerprint density at radius 1 is 0.938 bits per heavy atom. The van der Waals surface area contributed by atoms with Crippen LogP contribution in [0.3, 0.4) is 0 Å². The van der Waals surface area contributed by atoms with Crippen LogP contribution in [0.5, 0.6) is 0 Å². The third-order valence-electron chi connectivity index (χ3n) is 6.37. The van der Waals surface area contributed by atoms with Crippen LogP contribution < -0.4 is 5.32 Å². The molecule has 0 heterocycles. The van der Waals surface area contributed by atoms with Gasteiger partial charge in [0, 0.05) is 12.3 Å². The lowest BCUT2D eigenvalue weighted by molar-refractivity contribution is -0.139. The second kappa shape index (κ2) is 8.50. The highest BCUT2D eigenvalue weighted by Crippen LogP contribution is 2.44. The molecule has 2 aliphatic carbocycles. The Kier molecular flexibility index (Phi) is 5.39. The largest absolute Gasteiger partial charge is 0.480 e. The van der Waals surface area contributed by atoms with Crippen molar-refractivity contribution in [2.45, 2.75) is 37.1 Å². The number of carbonyl (C=O) groups excluding carboxylic acids is 1. The van der Waals surface area contributed by atoms with Gasteiger partial charge >= 0.3 is 12.1 Å². The molecule has 5 heteroatoms. The Balaban J connectivity index is 1.25. The molecule has 32 heavy (non-hydrogen) atoms. The van der Waals surface area contributed by atoms with Crippen LogP contribution in [0.1, 0.15) is 46.9 Å². The van der Waals surface area contributed by atoms with Crippen LogP contribution in [0, 0.1) is 0 Å². The van der Waals surface area contributed by atoms with E-state index in [0.717, 1.165) is 27.8 Å². The number of nitrogens with one attached hydrogen (secondary N) is 1. The van der Waals surface area contributed by atoms with Crippen LogP contribution in [0.2, 0.25) is 0 Å². The zero-order chi connectivity index (χ0) is 22.1. The first-order valence-corrected chi connectivity index (χ1v) is 11.0. The number of carboxylic acids is 1. The number of amides is 1. The van der Waals surface area contributed by atoms with Crippen LogP contribution in [-0.4, -0.2) is 29.8 Å². The van der Waals surface area contributed by atoms with Crippen molar-refractivity contribution < 1.29 is 19.4 Å². The lowest BCUT2D eigenvalue weighted by Crippen LogP contribution is -2.42. The fraction of sp³-hybridized carbons (Fsp3) is 0.259. The average Bonchev–Trinajstić information content (AvgIpc) is 3.61. The van der Waals surface area contributed by atoms with Gasteiger partial charge in [-0.2, -0.15) is 0 Å². The highest BCUT2D eigenvalue weighted by Gasteiger charge is 2.30. The Morgan fingerprint density at radius 3 is 2.22 bits per heavy atom. The number of ether oxygens (including phenoxy) is 1. The number of fused-ring (bicyclic) bond motifs is 3. The number of aliphatic carboxylic acids is 1. The molecule has 1 fully saturated rings. The van der Waals surface area contributed by atoms with Crippen molar-refractivity contribution in [3.05, 3.63) is 95.1 Å². The van der Waals surface area contributed by atoms with Crippen LogP contribution in [0.15, 0.2) is 72.8 Å². The van der Waals surface area contributed by atoms with E-state index in [1.165, 1.54) is 18.4 Å². The molecule has 0 unspecified atom stereocenters. The van der Waals surface area contributed by atoms with Crippen molar-refractivity contribution in [2.75, 3.05) is 6.61 Å². The van der Waals surface area contributed by atoms with Gasteiger partial charge in [-0.05, 0) is 52.1 Å². The third kappa shape index (κ3) is 4.11. The summed E-state index contributed by atoms with van der Waals surface area (Å²) in [5.41, 5.74) is 6.68. The molecule has 2 aliphatic rings. The Morgan fingerprint density at radius 2 is 1.59 bits per heavy atom. The summed E-state index contributed by atoms with van der Waals surface area (Å²) in [4.78, 5) is 24.3. The van der Waals surface area contributed by atoms with Crippen LogP contribution in [0.25, 0.3) is 11.1 Å². The monoisotopic (exact) mass is 427 g/mol. The predicted octanol–water partition coefficient (Wildman–Crippen LogP) is 5.10. The summed E-state index contributed by atoms with van der Waals surface area (Å²) in [7, 11) is 0. The van der Waals surface area contributed by atoms with Gasteiger partial charge in [0.15, 0.2) is 0 Å². The van der Waals surface area contributed by atoms with E-state index in [1.807, 2.05) is 54.6 Å². The van der Waals surface area contributed by atoms with Gasteiger partial charge in [-0.3, -0.25) is 0 Å². The van der Waals surface area contributed by atoms with Crippen molar-refractivity contribution >= 4 is 12.1 Å². The summed E-state index contributed by atoms with van der Waals surface area (Å²) in [6, 6.07) is 23.2. The number of benzene rings is 3. The van der Waals surface area contributed by atoms with Crippen LogP contribution in [-0.2, 0) is 16.0 Å². The second-order valence-corrected chi connectivity index (χ2v) is 8.58. The number of carboxylic acid groups (broad SMARTS) is 1. The number of rotatable bonds is 7. The molecular formula is C27H25NO4. The zero-order valence-electron chi connectivity index (χ0n) is 17.7. The quantitative estimate of drug-likeness (QED) is 0.550. The Labute approximate surface area is 187 Å². The van der Waals surface area contributed by atoms with Crippen molar-refractivity contribution in [1.29, 1.82) is 0 Å². The molecule has 1 atom stereocenters. The number of hydrogen-bond acceptors (Lipinski definition) is 3. The van der Waals surface area contributed by atoms with Gasteiger partial charge in [0.25, 0.3) is 0 Å². The maximum atomic E-state index is 12.5. The minimum atomic E-state index is -1.07. The molecule has 1 amide bonds. The van der Waals surface area contributed by atoms with Gasteiger partial charge in [0.1, 0.15) is 12.6 Å². The first-order valence-electron chi connectivity index (χ1n) is 11.0. The molecule has 3 aromatic rings. The molecule has 0 aromatic heterocycles. The molecule has 0 aliphatic heterocycles. The van der Waals surface area contributed by atoms with Gasteiger partial charge in [-0.15, -0.1) is 0 Å². The maximum Gasteiger partial charge on any atom is 0.407 e. The molecule has 3 aromatic carbocycles. The number of alkyl carbamates (subject to hydrolysis) is 1. The normalized spacial score (nSPS) is 15.5. The van der Waals surface area contributed by atoms with Crippen molar-refractivity contribution in [1.82, 2.24) is 5.32 Å². The Hall–Kier alpha value is -3.60. The van der Waals surface area contributed by atoms with E-state index in [0.29, 0.717) is 5.92 Å². The fourth-order valence-electron chi connectivity index (χ4n) is 4.61. The lowest BCUT2D eigenvalue weighted by atomic mass is 9.98. The molecular weight excluding hydrogens is 402 g/mol. The summed E-state index contributed by atoms with van der Waals surface area (Å²) < 4.78 is 5.52. The van der Waals surface area contributed by atoms with Crippen LogP contribution in [0.4, 0.5) is 4.79 Å². The second-order valence-electron chi connectivity index (χ2n) is 8.58. The van der Waals surface area contributed by atoms with E-state index >= 15 is 0 Å². The molecule has 5 nitrogen and oxygen atoms in total. The smallest absolute Gasteiger partial charge is 0.407 e. The first kappa shape index (κ1) is 20.3. The lowest BCUT2D eigenvalue weighted by Gasteiger charge is -2.18. The molecule has 1 saturated carbocycles. The van der Waals surface area contributed by atoms with Crippen molar-refractivity contribution in [3.8, 4) is 11.1 Å². The zero-order valence-corrected chi connectivity index (χ0v) is 17.7. The summed E-state index contributed by atoms with van der Waals surface area (Å²) >= 11 is 0. The first-order chi connectivity index (χ1) is 15.6. The van der Waals surface area contributed by atoms with E-state index in [-0.39, 0.29) is 18.9 Å². The summed E-state index contributed by atoms with van der Waals surface area (Å²) in [6.45, 7) is 0.156. The SMILES string of the molecule is O=C(N[C@@H](Cc1cccc(C2CC2)c1)C(=O)O)OCC1c2ccccc2-c2ccccc21. The molecule has 0 radical (unpaired) electrons. The van der Waals surface area contributed by atoms with Gasteiger partial charge in [-0.1, -0.05) is 72.8 Å². The predicted molar refractivity (Wildman–Crippen MR) is 122 cm³/mol. The van der Waals surface area contributed by atoms with Gasteiger partial charge in [0.05, 0.1) is 0 Å². The highest BCUT2D eigenvalue weighted by atomic mass is 16.5. The van der Waals surface area contributed by atoms with Gasteiger partial charge in [-0.25, -0.2) is 9.59 Å². The van der Waals surface area contributed by atoms with Gasteiger partial charge in [0.2, 0.25) is 0 Å². The summed E-state index contributed by atoms with van der Waals surface area (Å²) in [5, 5.41) is 12.2. The van der Waals surface area contributed by atoms with Gasteiger partial charge < -0.3 is 15.2 Å². The molecule has 162 valence electrons. The van der Waals surface area contributed by atoms with E-state index in [1.54, 1.807) is 0 Å². The minimum Gasteiger partial charge on any atom is -0.480 e. The molecule has 5 rings (SSSR count). The molecule has 0 spiro atoms. The molecule has 0 bridgehead atoms. The van der Waals surface area contributed by atoms with Crippen LogP contribution >= 0.6 is 0 Å². The van der Waals surface area contributed by atoms with E-state index in [4.69, 9.17) is 4.74 Å². The Bertz CT molecular complexity index is 1120. The summed E-state index contributed by atoms with van der Waals surface area (Å²) in [6.07, 6.45) is 1.88. The topological polar surface area (TPSA) is 75.6 Å². The summed E-state index contributed by atoms with van der Waals surface area (Å²) in [5.74, 6) is -0.546. The standard InChI is InChI=1S/C27H25NO4/c29-26(30)25(15-17-6-5-7-19(14-17)18-12-13-18)28-27(31)32-16-24-22-10-3-1-8-20(22)21-9-2-4-11-23(21)24/h1-11,14,18,24-25H,12-13,15-16H2,(H,28,31)(H,29,30)/t25-/m0/s1. The maximum absolute atomic E-state index is 12.5. The van der Waals surface area contributed by atoms with E-state index in [2.05, 4.69) is 23.5 Å². The number of hydrogen-bond donors (Lipinski definition) is 2. The van der Waals surface area contributed by atoms with E-state index in [9.17, 15) is 14.7 Å². The average molecular weight is 428 g/mol. The van der Waals surface area contributed by atoms with E-state index < -0.39 is 18.1 Å². The number of carbonyl (C=O) groups is 2. The fourth-order valence-corrected chi connectivity index (χ4v) is 4.61. The molecule has 2 N–H and O–H groups in total.